The molecular formula is C22H23N3O5S. The summed E-state index contributed by atoms with van der Waals surface area (Å²) in [5.41, 5.74) is 0.301. The van der Waals surface area contributed by atoms with Gasteiger partial charge in [-0.15, -0.1) is 0 Å². The molecule has 0 radical (unpaired) electrons. The van der Waals surface area contributed by atoms with Gasteiger partial charge < -0.3 is 19.2 Å². The lowest BCUT2D eigenvalue weighted by atomic mass is 9.95. The molecular weight excluding hydrogens is 418 g/mol. The van der Waals surface area contributed by atoms with E-state index in [1.807, 2.05) is 0 Å². The van der Waals surface area contributed by atoms with Crippen LogP contribution in [0, 0.1) is 0 Å². The van der Waals surface area contributed by atoms with Gasteiger partial charge in [0.2, 0.25) is 12.7 Å². The highest BCUT2D eigenvalue weighted by molar-refractivity contribution is 7.99. The Labute approximate surface area is 182 Å². The van der Waals surface area contributed by atoms with Crippen LogP contribution in [0.2, 0.25) is 0 Å². The zero-order chi connectivity index (χ0) is 21.2. The molecule has 9 heteroatoms. The number of furan rings is 1. The highest BCUT2D eigenvalue weighted by Crippen LogP contribution is 2.35. The number of ether oxygens (including phenoxy) is 2. The van der Waals surface area contributed by atoms with E-state index < -0.39 is 0 Å². The van der Waals surface area contributed by atoms with E-state index in [1.165, 1.54) is 18.2 Å². The van der Waals surface area contributed by atoms with E-state index in [-0.39, 0.29) is 36.6 Å². The van der Waals surface area contributed by atoms with Crippen LogP contribution in [0.3, 0.4) is 0 Å². The lowest BCUT2D eigenvalue weighted by Gasteiger charge is -2.22. The van der Waals surface area contributed by atoms with E-state index >= 15 is 0 Å². The first-order valence-electron chi connectivity index (χ1n) is 10.5. The zero-order valence-corrected chi connectivity index (χ0v) is 17.8. The fourth-order valence-electron chi connectivity index (χ4n) is 4.05. The number of hydrogen-bond donors (Lipinski definition) is 1. The average molecular weight is 442 g/mol. The number of carbonyl (C=O) groups excluding carboxylic acids is 1. The van der Waals surface area contributed by atoms with Gasteiger partial charge in [-0.1, -0.05) is 31.0 Å². The van der Waals surface area contributed by atoms with Crippen molar-refractivity contribution >= 4 is 28.6 Å². The first-order chi connectivity index (χ1) is 15.2. The minimum absolute atomic E-state index is 0.0403. The Hall–Kier alpha value is -2.94. The minimum atomic E-state index is -0.213. The Bertz CT molecular complexity index is 1150. The van der Waals surface area contributed by atoms with Gasteiger partial charge in [0.15, 0.2) is 16.7 Å². The molecule has 1 N–H and O–H groups in total. The van der Waals surface area contributed by atoms with Crippen LogP contribution in [-0.4, -0.2) is 34.0 Å². The second kappa shape index (κ2) is 8.66. The van der Waals surface area contributed by atoms with Crippen molar-refractivity contribution in [3.05, 3.63) is 46.6 Å². The third-order valence-corrected chi connectivity index (χ3v) is 6.59. The number of hydrogen-bond acceptors (Lipinski definition) is 7. The molecule has 31 heavy (non-hydrogen) atoms. The van der Waals surface area contributed by atoms with Crippen LogP contribution in [0.5, 0.6) is 11.5 Å². The van der Waals surface area contributed by atoms with Crippen molar-refractivity contribution in [1.82, 2.24) is 14.9 Å². The largest absolute Gasteiger partial charge is 0.467 e. The molecule has 0 atom stereocenters. The van der Waals surface area contributed by atoms with Gasteiger partial charge in [0, 0.05) is 12.1 Å². The standard InChI is InChI=1S/C22H23N3O5S/c26-20(23-14-5-2-1-3-6-14)12-31-22-24-17-10-19-18(29-13-30-19)9-16(17)21(27)25(22)11-15-7-4-8-28-15/h4,7-10,14H,1-3,5-6,11-13H2,(H,23,26). The van der Waals surface area contributed by atoms with E-state index in [2.05, 4.69) is 10.3 Å². The quantitative estimate of drug-likeness (QED) is 0.463. The number of rotatable bonds is 6. The molecule has 0 saturated heterocycles. The third kappa shape index (κ3) is 4.27. The maximum absolute atomic E-state index is 13.3. The predicted molar refractivity (Wildman–Crippen MR) is 116 cm³/mol. The molecule has 2 aliphatic rings. The Morgan fingerprint density at radius 2 is 2.00 bits per heavy atom. The summed E-state index contributed by atoms with van der Waals surface area (Å²) in [5.74, 6) is 1.88. The van der Waals surface area contributed by atoms with Crippen LogP contribution < -0.4 is 20.3 Å². The van der Waals surface area contributed by atoms with Gasteiger partial charge in [-0.2, -0.15) is 0 Å². The Balaban J connectivity index is 1.44. The monoisotopic (exact) mass is 441 g/mol. The van der Waals surface area contributed by atoms with Crippen molar-refractivity contribution in [2.24, 2.45) is 0 Å². The molecule has 1 fully saturated rings. The van der Waals surface area contributed by atoms with Gasteiger partial charge in [0.1, 0.15) is 5.76 Å². The molecule has 2 aromatic heterocycles. The number of thioether (sulfide) groups is 1. The molecule has 8 nitrogen and oxygen atoms in total. The molecule has 5 rings (SSSR count). The average Bonchev–Trinajstić information content (AvgIpc) is 3.45. The van der Waals surface area contributed by atoms with Gasteiger partial charge in [-0.05, 0) is 31.0 Å². The normalized spacial score (nSPS) is 16.0. The van der Waals surface area contributed by atoms with Gasteiger partial charge in [-0.25, -0.2) is 4.98 Å². The van der Waals surface area contributed by atoms with Gasteiger partial charge >= 0.3 is 0 Å². The van der Waals surface area contributed by atoms with Crippen molar-refractivity contribution in [2.45, 2.75) is 49.8 Å². The predicted octanol–water partition coefficient (Wildman–Crippen LogP) is 3.31. The van der Waals surface area contributed by atoms with Crippen molar-refractivity contribution in [3.8, 4) is 11.5 Å². The summed E-state index contributed by atoms with van der Waals surface area (Å²) < 4.78 is 17.8. The summed E-state index contributed by atoms with van der Waals surface area (Å²) in [6.45, 7) is 0.352. The molecule has 1 amide bonds. The summed E-state index contributed by atoms with van der Waals surface area (Å²) in [6, 6.07) is 7.20. The summed E-state index contributed by atoms with van der Waals surface area (Å²) >= 11 is 1.25. The smallest absolute Gasteiger partial charge is 0.262 e. The molecule has 162 valence electrons. The van der Waals surface area contributed by atoms with Crippen LogP contribution in [0.25, 0.3) is 10.9 Å². The summed E-state index contributed by atoms with van der Waals surface area (Å²) in [5, 5.41) is 4.01. The lowest BCUT2D eigenvalue weighted by molar-refractivity contribution is -0.119. The topological polar surface area (TPSA) is 95.6 Å². The van der Waals surface area contributed by atoms with Gasteiger partial charge in [-0.3, -0.25) is 14.2 Å². The SMILES string of the molecule is O=C(CSc1nc2cc3c(cc2c(=O)n1Cc1ccco1)OCO3)NC1CCCCC1. The van der Waals surface area contributed by atoms with Gasteiger partial charge in [0.05, 0.1) is 29.5 Å². The highest BCUT2D eigenvalue weighted by Gasteiger charge is 2.21. The maximum Gasteiger partial charge on any atom is 0.262 e. The van der Waals surface area contributed by atoms with Crippen molar-refractivity contribution < 1.29 is 18.7 Å². The Morgan fingerprint density at radius 1 is 1.19 bits per heavy atom. The number of benzene rings is 1. The second-order valence-corrected chi connectivity index (χ2v) is 8.72. The van der Waals surface area contributed by atoms with E-state index in [0.29, 0.717) is 33.3 Å². The van der Waals surface area contributed by atoms with E-state index in [4.69, 9.17) is 13.9 Å². The van der Waals surface area contributed by atoms with Crippen LogP contribution in [0.1, 0.15) is 37.9 Å². The fraction of sp³-hybridized carbons (Fsp3) is 0.409. The molecule has 1 aromatic carbocycles. The molecule has 3 heterocycles. The number of fused-ring (bicyclic) bond motifs is 2. The Kier molecular flexibility index (Phi) is 5.59. The zero-order valence-electron chi connectivity index (χ0n) is 17.0. The van der Waals surface area contributed by atoms with Crippen molar-refractivity contribution in [3.63, 3.8) is 0 Å². The highest BCUT2D eigenvalue weighted by atomic mass is 32.2. The maximum atomic E-state index is 13.3. The Morgan fingerprint density at radius 3 is 2.77 bits per heavy atom. The number of aromatic nitrogens is 2. The van der Waals surface area contributed by atoms with Gasteiger partial charge in [0.25, 0.3) is 5.56 Å². The van der Waals surface area contributed by atoms with Crippen molar-refractivity contribution in [2.75, 3.05) is 12.5 Å². The number of amides is 1. The minimum Gasteiger partial charge on any atom is -0.467 e. The summed E-state index contributed by atoms with van der Waals surface area (Å²) in [4.78, 5) is 30.5. The first kappa shape index (κ1) is 20.0. The molecule has 0 unspecified atom stereocenters. The van der Waals surface area contributed by atoms with Crippen LogP contribution >= 0.6 is 11.8 Å². The van der Waals surface area contributed by atoms with Crippen LogP contribution in [-0.2, 0) is 11.3 Å². The van der Waals surface area contributed by atoms with E-state index in [9.17, 15) is 9.59 Å². The number of carbonyl (C=O) groups is 1. The summed E-state index contributed by atoms with van der Waals surface area (Å²) in [6.07, 6.45) is 7.17. The molecule has 0 bridgehead atoms. The number of nitrogens with zero attached hydrogens (tertiary/aromatic N) is 2. The fourth-order valence-corrected chi connectivity index (χ4v) is 4.85. The molecule has 1 saturated carbocycles. The molecule has 1 aliphatic heterocycles. The van der Waals surface area contributed by atoms with E-state index in [1.54, 1.807) is 35.1 Å². The van der Waals surface area contributed by atoms with Crippen LogP contribution in [0.15, 0.2) is 44.9 Å². The van der Waals surface area contributed by atoms with Crippen LogP contribution in [0.4, 0.5) is 0 Å². The van der Waals surface area contributed by atoms with E-state index in [0.717, 1.165) is 25.7 Å². The lowest BCUT2D eigenvalue weighted by Crippen LogP contribution is -2.37. The second-order valence-electron chi connectivity index (χ2n) is 7.78. The molecule has 3 aromatic rings. The summed E-state index contributed by atoms with van der Waals surface area (Å²) in [7, 11) is 0. The third-order valence-electron chi connectivity index (χ3n) is 5.61. The first-order valence-corrected chi connectivity index (χ1v) is 11.4. The molecule has 1 aliphatic carbocycles. The molecule has 0 spiro atoms. The van der Waals surface area contributed by atoms with Crippen molar-refractivity contribution in [1.29, 1.82) is 0 Å². The number of nitrogens with one attached hydrogen (secondary N) is 1.